The second kappa shape index (κ2) is 11.0. The van der Waals surface area contributed by atoms with Crippen molar-refractivity contribution in [2.75, 3.05) is 22.1 Å². The fraction of sp³-hybridized carbons (Fsp3) is 0.200. The molecule has 14 nitrogen and oxygen atoms in total. The number of nitrogens with zero attached hydrogens (tertiary/aromatic N) is 8. The van der Waals surface area contributed by atoms with E-state index in [2.05, 4.69) is 57.6 Å². The van der Waals surface area contributed by atoms with E-state index in [0.29, 0.717) is 27.0 Å². The van der Waals surface area contributed by atoms with Crippen molar-refractivity contribution < 1.29 is 18.4 Å². The second-order valence-corrected chi connectivity index (χ2v) is 8.41. The number of aryl methyl sites for hydroxylation is 2. The molecule has 6 N–H and O–H groups in total. The molecular weight excluding hydrogens is 558 g/mol. The molecule has 2 aromatic heterocycles. The Morgan fingerprint density at radius 2 is 1.35 bits per heavy atom. The molecule has 0 spiro atoms. The molecule has 0 aliphatic carbocycles. The molecule has 0 saturated carbocycles. The van der Waals surface area contributed by atoms with Gasteiger partial charge in [-0.15, -0.1) is 0 Å². The number of aromatic nitrogens is 8. The molecule has 0 bridgehead atoms. The summed E-state index contributed by atoms with van der Waals surface area (Å²) in [5.41, 5.74) is 12.5. The van der Waals surface area contributed by atoms with Crippen LogP contribution in [0.15, 0.2) is 22.7 Å². The zero-order chi connectivity index (χ0) is 27.4. The Labute approximate surface area is 216 Å². The largest absolute Gasteiger partial charge is 0.398 e. The van der Waals surface area contributed by atoms with Gasteiger partial charge in [0.2, 0.25) is 11.9 Å². The number of carbonyl (C=O) groups excluding carboxylic acids is 2. The number of hydrogen-bond donors (Lipinski definition) is 4. The third-order valence-electron chi connectivity index (χ3n) is 5.13. The number of tetrazole rings is 2. The van der Waals surface area contributed by atoms with E-state index in [9.17, 15) is 18.4 Å². The third-order valence-corrected chi connectivity index (χ3v) is 5.79. The van der Waals surface area contributed by atoms with Gasteiger partial charge >= 0.3 is 0 Å². The predicted octanol–water partition coefficient (Wildman–Crippen LogP) is 1.75. The molecular formula is C20H21BrF2N12O2. The van der Waals surface area contributed by atoms with Gasteiger partial charge in [-0.25, -0.2) is 18.1 Å². The SMILES string of the molecule is Cc1c(N)c(Br)cc(F)c1C(=O)Nc1nnnn1C.Cc1c(N)ccc(F)c1C(=O)Nc1nnnn1C. The summed E-state index contributed by atoms with van der Waals surface area (Å²) in [7, 11) is 3.10. The maximum atomic E-state index is 13.9. The van der Waals surface area contributed by atoms with Crippen LogP contribution in [0.2, 0.25) is 0 Å². The van der Waals surface area contributed by atoms with Crippen LogP contribution in [0.3, 0.4) is 0 Å². The number of benzene rings is 2. The van der Waals surface area contributed by atoms with Crippen LogP contribution in [-0.2, 0) is 14.1 Å². The average Bonchev–Trinajstić information content (AvgIpc) is 3.43. The summed E-state index contributed by atoms with van der Waals surface area (Å²) in [6.07, 6.45) is 0. The lowest BCUT2D eigenvalue weighted by atomic mass is 10.1. The molecule has 0 aliphatic heterocycles. The highest BCUT2D eigenvalue weighted by atomic mass is 79.9. The van der Waals surface area contributed by atoms with Crippen molar-refractivity contribution >= 4 is 51.0 Å². The van der Waals surface area contributed by atoms with E-state index in [4.69, 9.17) is 11.5 Å². The minimum atomic E-state index is -0.675. The lowest BCUT2D eigenvalue weighted by Gasteiger charge is -2.11. The van der Waals surface area contributed by atoms with Gasteiger partial charge < -0.3 is 11.5 Å². The van der Waals surface area contributed by atoms with Crippen LogP contribution in [0.1, 0.15) is 31.8 Å². The van der Waals surface area contributed by atoms with Crippen LogP contribution < -0.4 is 22.1 Å². The van der Waals surface area contributed by atoms with Crippen molar-refractivity contribution in [1.82, 2.24) is 40.4 Å². The Balaban J connectivity index is 0.000000206. The van der Waals surface area contributed by atoms with Gasteiger partial charge in [0, 0.05) is 29.9 Å². The average molecular weight is 579 g/mol. The molecule has 4 rings (SSSR count). The number of anilines is 4. The number of hydrogen-bond acceptors (Lipinski definition) is 10. The smallest absolute Gasteiger partial charge is 0.261 e. The number of rotatable bonds is 4. The first-order chi connectivity index (χ1) is 17.4. The van der Waals surface area contributed by atoms with Gasteiger partial charge in [-0.05, 0) is 80.0 Å². The van der Waals surface area contributed by atoms with Crippen LogP contribution in [0.4, 0.5) is 32.1 Å². The molecule has 2 aromatic carbocycles. The van der Waals surface area contributed by atoms with Crippen molar-refractivity contribution in [1.29, 1.82) is 0 Å². The van der Waals surface area contributed by atoms with Crippen molar-refractivity contribution in [3.63, 3.8) is 0 Å². The molecule has 0 atom stereocenters. The standard InChI is InChI=1S/C10H10BrFN6O.C10H11FN6O/c1-4-7(6(12)3-5(11)8(4)13)9(19)14-10-15-16-17-18(10)2;1-5-7(12)4-3-6(11)8(5)9(18)13-10-14-15-16-17(10)2/h3H,13H2,1-2H3,(H,14,15,17,19);3-4H,12H2,1-2H3,(H,13,14,16,18). The predicted molar refractivity (Wildman–Crippen MR) is 132 cm³/mol. The van der Waals surface area contributed by atoms with Gasteiger partial charge in [-0.1, -0.05) is 10.2 Å². The molecule has 4 aromatic rings. The van der Waals surface area contributed by atoms with Crippen molar-refractivity contribution in [3.8, 4) is 0 Å². The molecule has 0 aliphatic rings. The Bertz CT molecular complexity index is 1490. The van der Waals surface area contributed by atoms with E-state index in [1.165, 1.54) is 15.4 Å². The number of nitrogens with two attached hydrogens (primary N) is 2. The zero-order valence-corrected chi connectivity index (χ0v) is 21.5. The summed E-state index contributed by atoms with van der Waals surface area (Å²) in [4.78, 5) is 24.0. The minimum Gasteiger partial charge on any atom is -0.398 e. The number of nitrogen functional groups attached to an aromatic ring is 2. The molecule has 2 amide bonds. The summed E-state index contributed by atoms with van der Waals surface area (Å²) >= 11 is 3.12. The number of carbonyl (C=O) groups is 2. The van der Waals surface area contributed by atoms with Crippen LogP contribution in [0, 0.1) is 25.5 Å². The number of halogens is 3. The number of amides is 2. The van der Waals surface area contributed by atoms with Gasteiger partial charge in [0.05, 0.1) is 11.1 Å². The highest BCUT2D eigenvalue weighted by Gasteiger charge is 2.21. The summed E-state index contributed by atoms with van der Waals surface area (Å²) in [5.74, 6) is -2.38. The molecule has 0 radical (unpaired) electrons. The molecule has 17 heteroatoms. The Morgan fingerprint density at radius 1 is 0.865 bits per heavy atom. The first-order valence-electron chi connectivity index (χ1n) is 10.3. The van der Waals surface area contributed by atoms with E-state index in [1.54, 1.807) is 27.9 Å². The normalized spacial score (nSPS) is 10.5. The van der Waals surface area contributed by atoms with Gasteiger partial charge in [0.15, 0.2) is 0 Å². The van der Waals surface area contributed by atoms with Crippen LogP contribution >= 0.6 is 15.9 Å². The molecule has 2 heterocycles. The highest BCUT2D eigenvalue weighted by Crippen LogP contribution is 2.28. The van der Waals surface area contributed by atoms with Crippen LogP contribution in [-0.4, -0.2) is 52.2 Å². The molecule has 0 fully saturated rings. The van der Waals surface area contributed by atoms with Gasteiger partial charge in [-0.3, -0.25) is 20.2 Å². The Morgan fingerprint density at radius 3 is 1.81 bits per heavy atom. The topological polar surface area (TPSA) is 197 Å². The van der Waals surface area contributed by atoms with Crippen molar-refractivity contribution in [2.24, 2.45) is 14.1 Å². The Hall–Kier alpha value is -4.54. The lowest BCUT2D eigenvalue weighted by molar-refractivity contribution is 0.101. The van der Waals surface area contributed by atoms with E-state index in [-0.39, 0.29) is 23.0 Å². The van der Waals surface area contributed by atoms with E-state index >= 15 is 0 Å². The van der Waals surface area contributed by atoms with Gasteiger partial charge in [0.1, 0.15) is 11.6 Å². The number of nitrogens with one attached hydrogen (secondary N) is 2. The maximum Gasteiger partial charge on any atom is 0.261 e. The highest BCUT2D eigenvalue weighted by molar-refractivity contribution is 9.10. The summed E-state index contributed by atoms with van der Waals surface area (Å²) in [6.45, 7) is 3.13. The van der Waals surface area contributed by atoms with Crippen molar-refractivity contribution in [2.45, 2.75) is 13.8 Å². The van der Waals surface area contributed by atoms with Crippen LogP contribution in [0.25, 0.3) is 0 Å². The van der Waals surface area contributed by atoms with Gasteiger partial charge in [-0.2, -0.15) is 0 Å². The first kappa shape index (κ1) is 27.1. The molecule has 194 valence electrons. The van der Waals surface area contributed by atoms with E-state index in [1.807, 2.05) is 0 Å². The minimum absolute atomic E-state index is 0.113. The summed E-state index contributed by atoms with van der Waals surface area (Å²) < 4.78 is 30.4. The monoisotopic (exact) mass is 578 g/mol. The quantitative estimate of drug-likeness (QED) is 0.259. The second-order valence-electron chi connectivity index (χ2n) is 7.55. The fourth-order valence-electron chi connectivity index (χ4n) is 3.01. The van der Waals surface area contributed by atoms with Crippen LogP contribution in [0.5, 0.6) is 0 Å². The van der Waals surface area contributed by atoms with Crippen molar-refractivity contribution in [3.05, 3.63) is 56.6 Å². The third kappa shape index (κ3) is 5.83. The maximum absolute atomic E-state index is 13.9. The molecule has 0 unspecified atom stereocenters. The zero-order valence-electron chi connectivity index (χ0n) is 19.9. The summed E-state index contributed by atoms with van der Waals surface area (Å²) in [5, 5.41) is 25.8. The van der Waals surface area contributed by atoms with Gasteiger partial charge in [0.25, 0.3) is 11.8 Å². The molecule has 0 saturated heterocycles. The summed E-state index contributed by atoms with van der Waals surface area (Å²) in [6, 6.07) is 3.70. The Kier molecular flexibility index (Phi) is 8.06. The first-order valence-corrected chi connectivity index (χ1v) is 11.1. The van der Waals surface area contributed by atoms with E-state index < -0.39 is 23.4 Å². The fourth-order valence-corrected chi connectivity index (χ4v) is 3.50. The molecule has 37 heavy (non-hydrogen) atoms. The lowest BCUT2D eigenvalue weighted by Crippen LogP contribution is -2.19. The van der Waals surface area contributed by atoms with E-state index in [0.717, 1.165) is 12.1 Å².